The number of fused-ring (bicyclic) bond motifs is 1. The van der Waals surface area contributed by atoms with Gasteiger partial charge >= 0.3 is 11.9 Å². The van der Waals surface area contributed by atoms with Crippen molar-refractivity contribution >= 4 is 62.6 Å². The van der Waals surface area contributed by atoms with Crippen LogP contribution in [0.1, 0.15) is 43.8 Å². The van der Waals surface area contributed by atoms with E-state index in [9.17, 15) is 9.59 Å². The molecule has 9 heteroatoms. The van der Waals surface area contributed by atoms with Crippen LogP contribution in [0.2, 0.25) is 0 Å². The first-order valence-corrected chi connectivity index (χ1v) is 10.5. The SMILES string of the molecule is COC(=O)c1sccc1NC(=S)Nc1sc2c(c1C(=O)OC)CCC(C)C2. The Morgan fingerprint density at radius 2 is 1.96 bits per heavy atom. The lowest BCUT2D eigenvalue weighted by Crippen LogP contribution is -2.21. The fraction of sp³-hybridized carbons (Fsp3) is 0.389. The van der Waals surface area contributed by atoms with Crippen molar-refractivity contribution in [2.45, 2.75) is 26.2 Å². The first-order valence-electron chi connectivity index (χ1n) is 8.41. The molecule has 6 nitrogen and oxygen atoms in total. The smallest absolute Gasteiger partial charge is 0.350 e. The molecule has 0 radical (unpaired) electrons. The Kier molecular flexibility index (Phi) is 6.13. The van der Waals surface area contributed by atoms with Crippen molar-refractivity contribution in [1.82, 2.24) is 0 Å². The van der Waals surface area contributed by atoms with E-state index >= 15 is 0 Å². The third-order valence-corrected chi connectivity index (χ3v) is 6.68. The number of carbonyl (C=O) groups excluding carboxylic acids is 2. The average Bonchev–Trinajstić information content (AvgIpc) is 3.23. The molecule has 1 aliphatic rings. The van der Waals surface area contributed by atoms with Gasteiger partial charge in [0.2, 0.25) is 0 Å². The van der Waals surface area contributed by atoms with Crippen LogP contribution in [0.5, 0.6) is 0 Å². The van der Waals surface area contributed by atoms with E-state index in [4.69, 9.17) is 21.7 Å². The van der Waals surface area contributed by atoms with Gasteiger partial charge < -0.3 is 20.1 Å². The highest BCUT2D eigenvalue weighted by Crippen LogP contribution is 2.40. The lowest BCUT2D eigenvalue weighted by Gasteiger charge is -2.18. The molecule has 1 unspecified atom stereocenters. The van der Waals surface area contributed by atoms with Gasteiger partial charge in [0.15, 0.2) is 5.11 Å². The van der Waals surface area contributed by atoms with Crippen LogP contribution >= 0.6 is 34.9 Å². The van der Waals surface area contributed by atoms with Gasteiger partial charge in [0, 0.05) is 4.88 Å². The van der Waals surface area contributed by atoms with Gasteiger partial charge in [-0.1, -0.05) is 6.92 Å². The van der Waals surface area contributed by atoms with E-state index in [1.165, 1.54) is 41.8 Å². The number of hydrogen-bond acceptors (Lipinski definition) is 7. The van der Waals surface area contributed by atoms with Crippen molar-refractivity contribution in [3.05, 3.63) is 32.3 Å². The van der Waals surface area contributed by atoms with Gasteiger partial charge in [-0.3, -0.25) is 0 Å². The van der Waals surface area contributed by atoms with Gasteiger partial charge in [0.1, 0.15) is 9.88 Å². The molecule has 0 bridgehead atoms. The summed E-state index contributed by atoms with van der Waals surface area (Å²) in [6.45, 7) is 2.21. The average molecular weight is 425 g/mol. The third kappa shape index (κ3) is 4.15. The molecule has 0 saturated carbocycles. The van der Waals surface area contributed by atoms with E-state index in [2.05, 4.69) is 17.6 Å². The standard InChI is InChI=1S/C18H20N2O4S3/c1-9-4-5-10-12(8-9)27-15(13(10)16(21)23-2)20-18(25)19-11-6-7-26-14(11)17(22)24-3/h6-7,9H,4-5,8H2,1-3H3,(H2,19,20,25). The summed E-state index contributed by atoms with van der Waals surface area (Å²) in [7, 11) is 2.72. The molecule has 2 aromatic rings. The number of hydrogen-bond donors (Lipinski definition) is 2. The summed E-state index contributed by atoms with van der Waals surface area (Å²) in [6.07, 6.45) is 2.85. The first-order chi connectivity index (χ1) is 12.9. The van der Waals surface area contributed by atoms with Crippen molar-refractivity contribution < 1.29 is 19.1 Å². The Balaban J connectivity index is 1.83. The monoisotopic (exact) mass is 424 g/mol. The summed E-state index contributed by atoms with van der Waals surface area (Å²) in [4.78, 5) is 25.8. The van der Waals surface area contributed by atoms with Gasteiger partial charge in [-0.15, -0.1) is 22.7 Å². The van der Waals surface area contributed by atoms with Crippen LogP contribution in [-0.2, 0) is 22.3 Å². The minimum atomic E-state index is -0.425. The van der Waals surface area contributed by atoms with Crippen LogP contribution in [0, 0.1) is 5.92 Å². The maximum absolute atomic E-state index is 12.4. The topological polar surface area (TPSA) is 76.7 Å². The van der Waals surface area contributed by atoms with Crippen molar-refractivity contribution in [3.63, 3.8) is 0 Å². The molecule has 144 valence electrons. The predicted octanol–water partition coefficient (Wildman–Crippen LogP) is 4.32. The number of esters is 2. The Bertz CT molecular complexity index is 887. The zero-order valence-electron chi connectivity index (χ0n) is 15.2. The van der Waals surface area contributed by atoms with Gasteiger partial charge in [-0.25, -0.2) is 9.59 Å². The molecule has 0 fully saturated rings. The maximum Gasteiger partial charge on any atom is 0.350 e. The van der Waals surface area contributed by atoms with Gasteiger partial charge in [0.05, 0.1) is 25.5 Å². The zero-order valence-corrected chi connectivity index (χ0v) is 17.7. The Morgan fingerprint density at radius 1 is 1.22 bits per heavy atom. The second kappa shape index (κ2) is 8.37. The second-order valence-corrected chi connectivity index (χ2v) is 8.71. The molecule has 1 aliphatic carbocycles. The molecule has 0 aliphatic heterocycles. The molecule has 1 atom stereocenters. The van der Waals surface area contributed by atoms with Crippen molar-refractivity contribution in [3.8, 4) is 0 Å². The van der Waals surface area contributed by atoms with Gasteiger partial charge in [-0.05, 0) is 54.4 Å². The largest absolute Gasteiger partial charge is 0.465 e. The van der Waals surface area contributed by atoms with Crippen molar-refractivity contribution in [2.75, 3.05) is 24.9 Å². The van der Waals surface area contributed by atoms with E-state index in [-0.39, 0.29) is 5.97 Å². The van der Waals surface area contributed by atoms with Crippen LogP contribution in [0.25, 0.3) is 0 Å². The van der Waals surface area contributed by atoms with Gasteiger partial charge in [0.25, 0.3) is 0 Å². The summed E-state index contributed by atoms with van der Waals surface area (Å²) >= 11 is 8.20. The van der Waals surface area contributed by atoms with Crippen LogP contribution in [0.15, 0.2) is 11.4 Å². The number of nitrogens with one attached hydrogen (secondary N) is 2. The summed E-state index contributed by atoms with van der Waals surface area (Å²) in [5, 5.41) is 8.88. The number of methoxy groups -OCH3 is 2. The van der Waals surface area contributed by atoms with Crippen molar-refractivity contribution in [2.24, 2.45) is 5.92 Å². The van der Waals surface area contributed by atoms with Crippen molar-refractivity contribution in [1.29, 1.82) is 0 Å². The van der Waals surface area contributed by atoms with E-state index < -0.39 is 5.97 Å². The molecule has 2 heterocycles. The van der Waals surface area contributed by atoms with Crippen LogP contribution in [-0.4, -0.2) is 31.3 Å². The summed E-state index contributed by atoms with van der Waals surface area (Å²) in [5.41, 5.74) is 2.19. The highest BCUT2D eigenvalue weighted by Gasteiger charge is 2.28. The number of rotatable bonds is 4. The molecular formula is C18H20N2O4S3. The molecule has 0 saturated heterocycles. The lowest BCUT2D eigenvalue weighted by molar-refractivity contribution is 0.0594. The highest BCUT2D eigenvalue weighted by atomic mass is 32.1. The Labute approximate surface area is 170 Å². The Morgan fingerprint density at radius 3 is 2.67 bits per heavy atom. The van der Waals surface area contributed by atoms with E-state index in [0.717, 1.165) is 24.8 Å². The minimum Gasteiger partial charge on any atom is -0.465 e. The third-order valence-electron chi connectivity index (χ3n) is 4.41. The number of anilines is 2. The normalized spacial score (nSPS) is 15.6. The van der Waals surface area contributed by atoms with E-state index in [1.807, 2.05) is 0 Å². The fourth-order valence-electron chi connectivity index (χ4n) is 3.07. The van der Waals surface area contributed by atoms with Crippen LogP contribution in [0.3, 0.4) is 0 Å². The van der Waals surface area contributed by atoms with Gasteiger partial charge in [-0.2, -0.15) is 0 Å². The molecule has 0 amide bonds. The predicted molar refractivity (Wildman–Crippen MR) is 112 cm³/mol. The number of thiocarbonyl (C=S) groups is 1. The molecular weight excluding hydrogens is 404 g/mol. The number of thiophene rings is 2. The minimum absolute atomic E-state index is 0.301. The first kappa shape index (κ1) is 19.8. The molecule has 2 N–H and O–H groups in total. The highest BCUT2D eigenvalue weighted by molar-refractivity contribution is 7.80. The fourth-order valence-corrected chi connectivity index (χ4v) is 5.52. The summed E-state index contributed by atoms with van der Waals surface area (Å²) < 4.78 is 9.76. The summed E-state index contributed by atoms with van der Waals surface area (Å²) in [6, 6.07) is 1.76. The van der Waals surface area contributed by atoms with Crippen LogP contribution < -0.4 is 10.6 Å². The lowest BCUT2D eigenvalue weighted by atomic mass is 9.88. The molecule has 0 spiro atoms. The van der Waals surface area contributed by atoms with E-state index in [0.29, 0.717) is 32.2 Å². The zero-order chi connectivity index (χ0) is 19.6. The summed E-state index contributed by atoms with van der Waals surface area (Å²) in [5.74, 6) is -0.197. The van der Waals surface area contributed by atoms with Crippen LogP contribution in [0.4, 0.5) is 10.7 Å². The number of carbonyl (C=O) groups is 2. The second-order valence-electron chi connectivity index (χ2n) is 6.28. The maximum atomic E-state index is 12.4. The molecule has 0 aromatic carbocycles. The molecule has 3 rings (SSSR count). The number of ether oxygens (including phenoxy) is 2. The van der Waals surface area contributed by atoms with E-state index in [1.54, 1.807) is 11.4 Å². The quantitative estimate of drug-likeness (QED) is 0.559. The molecule has 2 aromatic heterocycles. The Hall–Kier alpha value is -1.97. The molecule has 27 heavy (non-hydrogen) atoms.